The molecule has 1 atom stereocenters. The molecule has 0 unspecified atom stereocenters. The maximum atomic E-state index is 11.8. The van der Waals surface area contributed by atoms with Gasteiger partial charge in [-0.3, -0.25) is 9.40 Å². The number of nitrogens with one attached hydrogen (secondary N) is 3. The number of aromatic nitrogens is 4. The molecule has 3 aromatic rings. The summed E-state index contributed by atoms with van der Waals surface area (Å²) in [6.45, 7) is 6.18. The normalized spacial score (nSPS) is 12.3. The van der Waals surface area contributed by atoms with E-state index in [9.17, 15) is 13.2 Å². The van der Waals surface area contributed by atoms with E-state index in [4.69, 9.17) is 16.7 Å². The van der Waals surface area contributed by atoms with Gasteiger partial charge in [0.05, 0.1) is 29.8 Å². The summed E-state index contributed by atoms with van der Waals surface area (Å²) >= 11 is 6.60. The highest BCUT2D eigenvalue weighted by Gasteiger charge is 2.20. The van der Waals surface area contributed by atoms with E-state index in [1.165, 1.54) is 7.11 Å². The van der Waals surface area contributed by atoms with Gasteiger partial charge in [-0.25, -0.2) is 23.2 Å². The van der Waals surface area contributed by atoms with Gasteiger partial charge in [0.25, 0.3) is 0 Å². The van der Waals surface area contributed by atoms with E-state index >= 15 is 0 Å². The molecule has 13 heteroatoms. The number of hydrogen-bond acceptors (Lipinski definition) is 8. The molecular weight excluding hydrogens is 494 g/mol. The Morgan fingerprint density at radius 3 is 2.60 bits per heavy atom. The summed E-state index contributed by atoms with van der Waals surface area (Å²) in [5.41, 5.74) is 2.65. The van der Waals surface area contributed by atoms with Crippen molar-refractivity contribution in [3.05, 3.63) is 41.7 Å². The number of nitrogens with zero attached hydrogens (tertiary/aromatic N) is 4. The Balaban J connectivity index is 1.98. The number of benzene rings is 1. The smallest absolute Gasteiger partial charge is 0.407 e. The molecule has 0 radical (unpaired) electrons. The average molecular weight is 522 g/mol. The van der Waals surface area contributed by atoms with E-state index in [-0.39, 0.29) is 22.8 Å². The van der Waals surface area contributed by atoms with E-state index in [0.717, 1.165) is 6.26 Å². The van der Waals surface area contributed by atoms with Gasteiger partial charge in [0, 0.05) is 42.1 Å². The van der Waals surface area contributed by atoms with Crippen molar-refractivity contribution < 1.29 is 17.9 Å². The van der Waals surface area contributed by atoms with Gasteiger partial charge in [-0.15, -0.1) is 0 Å². The highest BCUT2D eigenvalue weighted by molar-refractivity contribution is 7.92. The molecule has 1 aromatic carbocycles. The lowest BCUT2D eigenvalue weighted by Gasteiger charge is -2.14. The second-order valence-corrected chi connectivity index (χ2v) is 10.3. The Morgan fingerprint density at radius 1 is 1.20 bits per heavy atom. The van der Waals surface area contributed by atoms with Crippen LogP contribution in [-0.4, -0.2) is 60.2 Å². The Morgan fingerprint density at radius 2 is 1.94 bits per heavy atom. The Hall–Kier alpha value is -3.38. The van der Waals surface area contributed by atoms with Crippen LogP contribution in [0.2, 0.25) is 5.02 Å². The Bertz CT molecular complexity index is 1310. The second-order valence-electron chi connectivity index (χ2n) is 8.19. The predicted molar refractivity (Wildman–Crippen MR) is 136 cm³/mol. The summed E-state index contributed by atoms with van der Waals surface area (Å²) in [7, 11) is -2.22. The summed E-state index contributed by atoms with van der Waals surface area (Å²) in [5, 5.41) is 10.7. The van der Waals surface area contributed by atoms with Crippen molar-refractivity contribution in [2.24, 2.45) is 0 Å². The molecule has 0 spiro atoms. The van der Waals surface area contributed by atoms with E-state index in [1.54, 1.807) is 35.1 Å². The molecular formula is C22H28ClN7O4S. The van der Waals surface area contributed by atoms with Gasteiger partial charge < -0.3 is 15.4 Å². The van der Waals surface area contributed by atoms with Crippen molar-refractivity contribution in [1.29, 1.82) is 0 Å². The van der Waals surface area contributed by atoms with Gasteiger partial charge in [-0.2, -0.15) is 5.10 Å². The van der Waals surface area contributed by atoms with Crippen molar-refractivity contribution in [3.8, 4) is 22.5 Å². The third kappa shape index (κ3) is 6.83. The first kappa shape index (κ1) is 26.2. The summed E-state index contributed by atoms with van der Waals surface area (Å²) in [4.78, 5) is 20.2. The van der Waals surface area contributed by atoms with Gasteiger partial charge in [-0.1, -0.05) is 23.7 Å². The molecule has 0 aliphatic heterocycles. The lowest BCUT2D eigenvalue weighted by molar-refractivity contribution is 0.168. The molecule has 0 aliphatic carbocycles. The number of rotatable bonds is 9. The van der Waals surface area contributed by atoms with E-state index < -0.39 is 16.1 Å². The van der Waals surface area contributed by atoms with Crippen molar-refractivity contribution in [3.63, 3.8) is 0 Å². The number of hydrogen-bond donors (Lipinski definition) is 3. The molecule has 0 bridgehead atoms. The SMILES string of the molecule is COC(=O)N[C@@H](C)CNc1nccc(-c2cn(C(C)C)nc2-c2cccc(NS(C)(=O)=O)c2Cl)n1. The zero-order chi connectivity index (χ0) is 25.8. The van der Waals surface area contributed by atoms with Crippen molar-refractivity contribution >= 4 is 39.4 Å². The first-order valence-corrected chi connectivity index (χ1v) is 13.0. The second kappa shape index (κ2) is 10.9. The lowest BCUT2D eigenvalue weighted by Crippen LogP contribution is -2.37. The van der Waals surface area contributed by atoms with Gasteiger partial charge >= 0.3 is 6.09 Å². The minimum atomic E-state index is -3.52. The number of carbonyl (C=O) groups is 1. The van der Waals surface area contributed by atoms with Crippen LogP contribution in [0.25, 0.3) is 22.5 Å². The molecule has 2 aromatic heterocycles. The quantitative estimate of drug-likeness (QED) is 0.386. The first-order chi connectivity index (χ1) is 16.5. The fourth-order valence-corrected chi connectivity index (χ4v) is 4.07. The van der Waals surface area contributed by atoms with Crippen LogP contribution in [0.4, 0.5) is 16.4 Å². The number of methoxy groups -OCH3 is 1. The Labute approximate surface area is 209 Å². The van der Waals surface area contributed by atoms with Gasteiger partial charge in [0.2, 0.25) is 16.0 Å². The molecule has 3 N–H and O–H groups in total. The summed E-state index contributed by atoms with van der Waals surface area (Å²) < 4.78 is 32.3. The predicted octanol–water partition coefficient (Wildman–Crippen LogP) is 3.77. The maximum absolute atomic E-state index is 11.8. The van der Waals surface area contributed by atoms with Crippen LogP contribution in [0.1, 0.15) is 26.8 Å². The summed E-state index contributed by atoms with van der Waals surface area (Å²) in [5.74, 6) is 0.364. The fourth-order valence-electron chi connectivity index (χ4n) is 3.19. The number of amides is 1. The van der Waals surface area contributed by atoms with Crippen molar-refractivity contribution in [2.45, 2.75) is 32.9 Å². The molecule has 11 nitrogen and oxygen atoms in total. The molecule has 1 amide bonds. The van der Waals surface area contributed by atoms with Gasteiger partial charge in [-0.05, 0) is 32.9 Å². The van der Waals surface area contributed by atoms with Crippen LogP contribution in [0.15, 0.2) is 36.7 Å². The standard InChI is InChI=1S/C22H28ClN7O4S/c1-13(2)30-12-16(17-9-10-24-21(27-17)25-11-14(3)26-22(31)34-4)20(28-30)15-7-6-8-18(19(15)23)29-35(5,32)33/h6-10,12-14,29H,11H2,1-5H3,(H,26,31)(H,24,25,27)/t14-/m0/s1. The minimum absolute atomic E-state index is 0.0586. The lowest BCUT2D eigenvalue weighted by atomic mass is 10.1. The number of ether oxygens (including phenoxy) is 1. The number of sulfonamides is 1. The minimum Gasteiger partial charge on any atom is -0.453 e. The van der Waals surface area contributed by atoms with Crippen LogP contribution in [-0.2, 0) is 14.8 Å². The number of anilines is 2. The topological polar surface area (TPSA) is 140 Å². The zero-order valence-corrected chi connectivity index (χ0v) is 21.6. The van der Waals surface area contributed by atoms with E-state index in [1.807, 2.05) is 27.0 Å². The molecule has 0 aliphatic rings. The fraction of sp³-hybridized carbons (Fsp3) is 0.364. The zero-order valence-electron chi connectivity index (χ0n) is 20.0. The van der Waals surface area contributed by atoms with Crippen LogP contribution in [0.3, 0.4) is 0 Å². The van der Waals surface area contributed by atoms with Crippen LogP contribution in [0, 0.1) is 0 Å². The van der Waals surface area contributed by atoms with E-state index in [2.05, 4.69) is 30.1 Å². The molecule has 3 rings (SSSR count). The largest absolute Gasteiger partial charge is 0.453 e. The average Bonchev–Trinajstić information content (AvgIpc) is 3.24. The van der Waals surface area contributed by atoms with Gasteiger partial charge in [0.15, 0.2) is 0 Å². The van der Waals surface area contributed by atoms with Crippen LogP contribution in [0.5, 0.6) is 0 Å². The molecule has 188 valence electrons. The third-order valence-corrected chi connectivity index (χ3v) is 5.86. The number of carbonyl (C=O) groups excluding carboxylic acids is 1. The van der Waals surface area contributed by atoms with E-state index in [0.29, 0.717) is 35.0 Å². The number of halogens is 1. The van der Waals surface area contributed by atoms with Crippen LogP contribution >= 0.6 is 11.6 Å². The highest BCUT2D eigenvalue weighted by atomic mass is 35.5. The molecule has 35 heavy (non-hydrogen) atoms. The summed E-state index contributed by atoms with van der Waals surface area (Å²) in [6, 6.07) is 6.64. The first-order valence-electron chi connectivity index (χ1n) is 10.8. The van der Waals surface area contributed by atoms with Crippen molar-refractivity contribution in [1.82, 2.24) is 25.1 Å². The van der Waals surface area contributed by atoms with Crippen LogP contribution < -0.4 is 15.4 Å². The monoisotopic (exact) mass is 521 g/mol. The summed E-state index contributed by atoms with van der Waals surface area (Å²) in [6.07, 6.45) is 4.01. The van der Waals surface area contributed by atoms with Crippen molar-refractivity contribution in [2.75, 3.05) is 29.9 Å². The third-order valence-electron chi connectivity index (χ3n) is 4.86. The van der Waals surface area contributed by atoms with Gasteiger partial charge in [0.1, 0.15) is 5.69 Å². The number of alkyl carbamates (subject to hydrolysis) is 1. The molecule has 0 fully saturated rings. The molecule has 0 saturated carbocycles. The maximum Gasteiger partial charge on any atom is 0.407 e. The highest BCUT2D eigenvalue weighted by Crippen LogP contribution is 2.38. The molecule has 0 saturated heterocycles. The Kier molecular flexibility index (Phi) is 8.18. The molecule has 2 heterocycles.